The Bertz CT molecular complexity index is 612. The largest absolute Gasteiger partial charge is 0.496 e. The summed E-state index contributed by atoms with van der Waals surface area (Å²) in [7, 11) is 1.58. The van der Waals surface area contributed by atoms with E-state index in [-0.39, 0.29) is 17.2 Å². The van der Waals surface area contributed by atoms with E-state index >= 15 is 0 Å². The van der Waals surface area contributed by atoms with Crippen LogP contribution in [0.25, 0.3) is 0 Å². The standard InChI is InChI=1S/C19H28N2O3/c1-6-17(22)20-9-11-21(12-10-20)18(23)15-13-14(19(2,3)4)7-8-16(15)24-5/h7-8,13H,6,9-12H2,1-5H3. The minimum Gasteiger partial charge on any atom is -0.496 e. The topological polar surface area (TPSA) is 49.9 Å². The summed E-state index contributed by atoms with van der Waals surface area (Å²) in [5.41, 5.74) is 1.67. The van der Waals surface area contributed by atoms with Crippen molar-refractivity contribution in [1.29, 1.82) is 0 Å². The summed E-state index contributed by atoms with van der Waals surface area (Å²) in [6.45, 7) is 10.6. The molecule has 1 heterocycles. The van der Waals surface area contributed by atoms with E-state index in [2.05, 4.69) is 20.8 Å². The summed E-state index contributed by atoms with van der Waals surface area (Å²) in [5, 5.41) is 0. The maximum atomic E-state index is 12.9. The molecule has 5 heteroatoms. The van der Waals surface area contributed by atoms with Crippen LogP contribution in [0.3, 0.4) is 0 Å². The van der Waals surface area contributed by atoms with Crippen LogP contribution in [0.4, 0.5) is 0 Å². The minimum absolute atomic E-state index is 0.0263. The zero-order chi connectivity index (χ0) is 17.9. The van der Waals surface area contributed by atoms with E-state index in [9.17, 15) is 9.59 Å². The van der Waals surface area contributed by atoms with E-state index in [0.29, 0.717) is 43.9 Å². The normalized spacial score (nSPS) is 15.4. The third-order valence-electron chi connectivity index (χ3n) is 4.52. The van der Waals surface area contributed by atoms with E-state index < -0.39 is 0 Å². The Morgan fingerprint density at radius 3 is 2.17 bits per heavy atom. The third-order valence-corrected chi connectivity index (χ3v) is 4.52. The smallest absolute Gasteiger partial charge is 0.257 e. The quantitative estimate of drug-likeness (QED) is 0.855. The van der Waals surface area contributed by atoms with Crippen LogP contribution in [-0.2, 0) is 10.2 Å². The maximum absolute atomic E-state index is 12.9. The van der Waals surface area contributed by atoms with Crippen LogP contribution in [0.5, 0.6) is 5.75 Å². The van der Waals surface area contributed by atoms with Crippen LogP contribution >= 0.6 is 0 Å². The fourth-order valence-electron chi connectivity index (χ4n) is 2.89. The summed E-state index contributed by atoms with van der Waals surface area (Å²) in [6, 6.07) is 5.81. The van der Waals surface area contributed by atoms with Gasteiger partial charge in [0.2, 0.25) is 5.91 Å². The van der Waals surface area contributed by atoms with Crippen molar-refractivity contribution >= 4 is 11.8 Å². The van der Waals surface area contributed by atoms with E-state index in [1.54, 1.807) is 7.11 Å². The van der Waals surface area contributed by atoms with Gasteiger partial charge in [0.05, 0.1) is 12.7 Å². The molecule has 0 aliphatic carbocycles. The van der Waals surface area contributed by atoms with Crippen LogP contribution in [0, 0.1) is 0 Å². The van der Waals surface area contributed by atoms with Crippen LogP contribution in [-0.4, -0.2) is 54.9 Å². The monoisotopic (exact) mass is 332 g/mol. The predicted molar refractivity (Wildman–Crippen MR) is 94.5 cm³/mol. The van der Waals surface area contributed by atoms with Gasteiger partial charge >= 0.3 is 0 Å². The summed E-state index contributed by atoms with van der Waals surface area (Å²) >= 11 is 0. The number of carbonyl (C=O) groups is 2. The van der Waals surface area contributed by atoms with Crippen LogP contribution < -0.4 is 4.74 Å². The molecule has 0 spiro atoms. The molecule has 1 aromatic carbocycles. The van der Waals surface area contributed by atoms with Gasteiger partial charge in [-0.1, -0.05) is 33.8 Å². The number of hydrogen-bond donors (Lipinski definition) is 0. The molecular weight excluding hydrogens is 304 g/mol. The van der Waals surface area contributed by atoms with Crippen LogP contribution in [0.2, 0.25) is 0 Å². The molecule has 0 aromatic heterocycles. The lowest BCUT2D eigenvalue weighted by Crippen LogP contribution is -2.50. The number of benzene rings is 1. The van der Waals surface area contributed by atoms with Gasteiger partial charge in [-0.3, -0.25) is 9.59 Å². The fraction of sp³-hybridized carbons (Fsp3) is 0.579. The molecule has 1 saturated heterocycles. The van der Waals surface area contributed by atoms with Crippen LogP contribution in [0.15, 0.2) is 18.2 Å². The molecule has 0 saturated carbocycles. The molecule has 1 aliphatic heterocycles. The van der Waals surface area contributed by atoms with Gasteiger partial charge in [0.15, 0.2) is 0 Å². The number of hydrogen-bond acceptors (Lipinski definition) is 3. The Balaban J connectivity index is 2.19. The zero-order valence-electron chi connectivity index (χ0n) is 15.4. The first-order chi connectivity index (χ1) is 11.3. The van der Waals surface area contributed by atoms with Crippen molar-refractivity contribution in [2.24, 2.45) is 0 Å². The number of amides is 2. The van der Waals surface area contributed by atoms with Crippen molar-refractivity contribution in [2.45, 2.75) is 39.5 Å². The van der Waals surface area contributed by atoms with Gasteiger partial charge in [-0.05, 0) is 23.1 Å². The Morgan fingerprint density at radius 2 is 1.67 bits per heavy atom. The average Bonchev–Trinajstić information content (AvgIpc) is 2.59. The molecule has 0 bridgehead atoms. The summed E-state index contributed by atoms with van der Waals surface area (Å²) in [5.74, 6) is 0.719. The highest BCUT2D eigenvalue weighted by Gasteiger charge is 2.27. The van der Waals surface area contributed by atoms with Crippen molar-refractivity contribution in [3.63, 3.8) is 0 Å². The highest BCUT2D eigenvalue weighted by Crippen LogP contribution is 2.29. The molecule has 24 heavy (non-hydrogen) atoms. The summed E-state index contributed by atoms with van der Waals surface area (Å²) < 4.78 is 5.39. The van der Waals surface area contributed by atoms with Gasteiger partial charge in [-0.2, -0.15) is 0 Å². The van der Waals surface area contributed by atoms with Gasteiger partial charge in [-0.15, -0.1) is 0 Å². The first kappa shape index (κ1) is 18.3. The SMILES string of the molecule is CCC(=O)N1CCN(C(=O)c2cc(C(C)(C)C)ccc2OC)CC1. The lowest BCUT2D eigenvalue weighted by Gasteiger charge is -2.35. The molecule has 2 rings (SSSR count). The Labute approximate surface area is 144 Å². The van der Waals surface area contributed by atoms with Gasteiger partial charge in [0.1, 0.15) is 5.75 Å². The molecule has 0 radical (unpaired) electrons. The second kappa shape index (κ2) is 7.24. The van der Waals surface area contributed by atoms with Gasteiger partial charge in [0, 0.05) is 32.6 Å². The zero-order valence-corrected chi connectivity index (χ0v) is 15.4. The fourth-order valence-corrected chi connectivity index (χ4v) is 2.89. The second-order valence-electron chi connectivity index (χ2n) is 7.19. The second-order valence-corrected chi connectivity index (χ2v) is 7.19. The van der Waals surface area contributed by atoms with E-state index in [1.807, 2.05) is 34.9 Å². The lowest BCUT2D eigenvalue weighted by atomic mass is 9.86. The van der Waals surface area contributed by atoms with E-state index in [1.165, 1.54) is 0 Å². The highest BCUT2D eigenvalue weighted by molar-refractivity contribution is 5.97. The minimum atomic E-state index is -0.0342. The van der Waals surface area contributed by atoms with Gasteiger partial charge in [-0.25, -0.2) is 0 Å². The van der Waals surface area contributed by atoms with Gasteiger partial charge in [0.25, 0.3) is 5.91 Å². The molecule has 1 fully saturated rings. The first-order valence-corrected chi connectivity index (χ1v) is 8.53. The summed E-state index contributed by atoms with van der Waals surface area (Å²) in [6.07, 6.45) is 0.509. The number of carbonyl (C=O) groups excluding carboxylic acids is 2. The number of ether oxygens (including phenoxy) is 1. The summed E-state index contributed by atoms with van der Waals surface area (Å²) in [4.78, 5) is 28.4. The Kier molecular flexibility index (Phi) is 5.52. The van der Waals surface area contributed by atoms with Crippen molar-refractivity contribution in [3.05, 3.63) is 29.3 Å². The van der Waals surface area contributed by atoms with Crippen molar-refractivity contribution < 1.29 is 14.3 Å². The van der Waals surface area contributed by atoms with Crippen LogP contribution in [0.1, 0.15) is 50.0 Å². The molecular formula is C19H28N2O3. The predicted octanol–water partition coefficient (Wildman–Crippen LogP) is 2.69. The molecule has 1 aliphatic rings. The lowest BCUT2D eigenvalue weighted by molar-refractivity contribution is -0.132. The Hall–Kier alpha value is -2.04. The first-order valence-electron chi connectivity index (χ1n) is 8.53. The van der Waals surface area contributed by atoms with Crippen molar-refractivity contribution in [2.75, 3.05) is 33.3 Å². The number of rotatable bonds is 3. The molecule has 2 amide bonds. The molecule has 0 atom stereocenters. The van der Waals surface area contributed by atoms with Gasteiger partial charge < -0.3 is 14.5 Å². The highest BCUT2D eigenvalue weighted by atomic mass is 16.5. The average molecular weight is 332 g/mol. The van der Waals surface area contributed by atoms with Crippen molar-refractivity contribution in [3.8, 4) is 5.75 Å². The van der Waals surface area contributed by atoms with E-state index in [0.717, 1.165) is 5.56 Å². The van der Waals surface area contributed by atoms with E-state index in [4.69, 9.17) is 4.74 Å². The molecule has 0 N–H and O–H groups in total. The third kappa shape index (κ3) is 3.89. The molecule has 1 aromatic rings. The van der Waals surface area contributed by atoms with Crippen molar-refractivity contribution in [1.82, 2.24) is 9.80 Å². The Morgan fingerprint density at radius 1 is 1.08 bits per heavy atom. The number of piperazine rings is 1. The number of nitrogens with zero attached hydrogens (tertiary/aromatic N) is 2. The molecule has 132 valence electrons. The maximum Gasteiger partial charge on any atom is 0.257 e. The molecule has 0 unspecified atom stereocenters. The number of methoxy groups -OCH3 is 1. The molecule has 5 nitrogen and oxygen atoms in total.